The number of hydrogen-bond donors (Lipinski definition) is 3. The Kier molecular flexibility index (Phi) is 8.18. The van der Waals surface area contributed by atoms with E-state index in [-0.39, 0.29) is 40.9 Å². The summed E-state index contributed by atoms with van der Waals surface area (Å²) in [5.41, 5.74) is 1.75. The number of benzene rings is 1. The van der Waals surface area contributed by atoms with E-state index in [0.717, 1.165) is 6.39 Å². The van der Waals surface area contributed by atoms with Crippen LogP contribution in [0.4, 0.5) is 14.5 Å². The fraction of sp³-hybridized carbons (Fsp3) is 0.222. The van der Waals surface area contributed by atoms with E-state index in [1.807, 2.05) is 0 Å². The summed E-state index contributed by atoms with van der Waals surface area (Å²) in [4.78, 5) is 21.7. The van der Waals surface area contributed by atoms with Gasteiger partial charge in [-0.3, -0.25) is 9.63 Å². The highest BCUT2D eigenvalue weighted by molar-refractivity contribution is 7.98. The first-order chi connectivity index (χ1) is 13.5. The molecule has 0 spiro atoms. The van der Waals surface area contributed by atoms with Crippen LogP contribution < -0.4 is 21.6 Å². The highest BCUT2D eigenvalue weighted by atomic mass is 32.2. The number of carbonyl (C=O) groups excluding carboxylic acids is 1. The molecule has 0 radical (unpaired) electrons. The zero-order valence-corrected chi connectivity index (χ0v) is 15.8. The molecule has 0 atom stereocenters. The topological polar surface area (TPSA) is 96.6 Å². The minimum atomic E-state index is -1.11. The number of oxazole rings is 1. The van der Waals surface area contributed by atoms with Gasteiger partial charge in [-0.1, -0.05) is 6.58 Å². The first-order valence-corrected chi connectivity index (χ1v) is 9.25. The normalized spacial score (nSPS) is 12.6. The number of rotatable bonds is 9. The highest BCUT2D eigenvalue weighted by Gasteiger charge is 2.16. The number of anilines is 1. The molecule has 3 N–H and O–H groups in total. The SMILES string of the molecule is C=c1nco/c1=C/C(C(=O)NOCCO)=C(\CF)Nc1ccc(SC)cc1F. The molecule has 0 saturated carbocycles. The molecule has 1 aromatic carbocycles. The van der Waals surface area contributed by atoms with Gasteiger partial charge in [0.05, 0.1) is 30.2 Å². The fourth-order valence-electron chi connectivity index (χ4n) is 2.09. The Labute approximate surface area is 163 Å². The number of nitrogens with one attached hydrogen (secondary N) is 2. The lowest BCUT2D eigenvalue weighted by molar-refractivity contribution is -0.129. The number of alkyl halides is 1. The van der Waals surface area contributed by atoms with Crippen LogP contribution in [0.5, 0.6) is 0 Å². The number of aromatic nitrogens is 1. The minimum absolute atomic E-state index is 0.00663. The van der Waals surface area contributed by atoms with Crippen LogP contribution in [0.2, 0.25) is 0 Å². The predicted molar refractivity (Wildman–Crippen MR) is 102 cm³/mol. The second kappa shape index (κ2) is 10.6. The van der Waals surface area contributed by atoms with E-state index in [1.54, 1.807) is 12.3 Å². The maximum atomic E-state index is 14.3. The number of thioether (sulfide) groups is 1. The van der Waals surface area contributed by atoms with Crippen molar-refractivity contribution < 1.29 is 27.9 Å². The number of allylic oxidation sites excluding steroid dienone is 1. The average Bonchev–Trinajstić information content (AvgIpc) is 3.10. The number of halogens is 2. The van der Waals surface area contributed by atoms with Crippen LogP contribution in [0.15, 0.2) is 45.2 Å². The molecule has 10 heteroatoms. The van der Waals surface area contributed by atoms with Gasteiger partial charge in [0.25, 0.3) is 5.91 Å². The Morgan fingerprint density at radius 2 is 2.29 bits per heavy atom. The number of hydrogen-bond acceptors (Lipinski definition) is 7. The highest BCUT2D eigenvalue weighted by Crippen LogP contribution is 2.23. The molecule has 0 saturated heterocycles. The quantitative estimate of drug-likeness (QED) is 0.246. The van der Waals surface area contributed by atoms with E-state index in [2.05, 4.69) is 22.4 Å². The van der Waals surface area contributed by atoms with Crippen molar-refractivity contribution in [2.75, 3.05) is 31.5 Å². The first-order valence-electron chi connectivity index (χ1n) is 8.03. The lowest BCUT2D eigenvalue weighted by atomic mass is 10.1. The van der Waals surface area contributed by atoms with Crippen molar-refractivity contribution in [2.24, 2.45) is 0 Å². The van der Waals surface area contributed by atoms with Crippen molar-refractivity contribution in [2.45, 2.75) is 4.90 Å². The second-order valence-corrected chi connectivity index (χ2v) is 6.19. The van der Waals surface area contributed by atoms with Gasteiger partial charge < -0.3 is 14.8 Å². The second-order valence-electron chi connectivity index (χ2n) is 5.31. The van der Waals surface area contributed by atoms with Crippen molar-refractivity contribution in [3.63, 3.8) is 0 Å². The Morgan fingerprint density at radius 3 is 2.86 bits per heavy atom. The monoisotopic (exact) mass is 411 g/mol. The Bertz CT molecular complexity index is 962. The molecular weight excluding hydrogens is 392 g/mol. The van der Waals surface area contributed by atoms with Crippen molar-refractivity contribution in [3.05, 3.63) is 52.4 Å². The predicted octanol–water partition coefficient (Wildman–Crippen LogP) is 1.10. The van der Waals surface area contributed by atoms with Gasteiger partial charge in [0.1, 0.15) is 17.8 Å². The van der Waals surface area contributed by atoms with Crippen LogP contribution in [0.3, 0.4) is 0 Å². The molecule has 0 aliphatic carbocycles. The number of aliphatic hydroxyl groups excluding tert-OH is 1. The molecular formula is C18H19F2N3O4S. The van der Waals surface area contributed by atoms with Crippen LogP contribution in [0, 0.1) is 5.82 Å². The van der Waals surface area contributed by atoms with E-state index in [1.165, 1.54) is 30.0 Å². The van der Waals surface area contributed by atoms with Gasteiger partial charge in [-0.25, -0.2) is 19.2 Å². The number of nitrogens with zero attached hydrogens (tertiary/aromatic N) is 1. The summed E-state index contributed by atoms with van der Waals surface area (Å²) in [6, 6.07) is 4.39. The minimum Gasteiger partial charge on any atom is -0.443 e. The fourth-order valence-corrected chi connectivity index (χ4v) is 2.52. The van der Waals surface area contributed by atoms with Gasteiger partial charge in [0, 0.05) is 4.90 Å². The molecule has 150 valence electrons. The number of aliphatic hydroxyl groups is 1. The van der Waals surface area contributed by atoms with Crippen molar-refractivity contribution in [1.29, 1.82) is 0 Å². The summed E-state index contributed by atoms with van der Waals surface area (Å²) in [6.45, 7) is 2.05. The van der Waals surface area contributed by atoms with Crippen LogP contribution in [-0.2, 0) is 9.63 Å². The summed E-state index contributed by atoms with van der Waals surface area (Å²) in [5.74, 6) is -1.43. The van der Waals surface area contributed by atoms with Gasteiger partial charge in [-0.15, -0.1) is 11.8 Å². The smallest absolute Gasteiger partial charge is 0.276 e. The maximum Gasteiger partial charge on any atom is 0.276 e. The van der Waals surface area contributed by atoms with Crippen molar-refractivity contribution >= 4 is 36.0 Å². The standard InChI is InChI=1S/C18H19F2N3O4S/c1-11-17(26-10-21-11)8-13(18(25)23-27-6-5-24)16(9-19)22-15-4-3-12(28-2)7-14(15)20/h3-4,7-8,10,22,24H,1,5-6,9H2,2H3,(H,23,25)/b16-13-,17-8+. The summed E-state index contributed by atoms with van der Waals surface area (Å²) < 4.78 is 33.1. The van der Waals surface area contributed by atoms with Crippen molar-refractivity contribution in [3.8, 4) is 0 Å². The number of amides is 1. The molecule has 1 heterocycles. The van der Waals surface area contributed by atoms with E-state index >= 15 is 0 Å². The average molecular weight is 411 g/mol. The van der Waals surface area contributed by atoms with Crippen molar-refractivity contribution in [1.82, 2.24) is 10.5 Å². The van der Waals surface area contributed by atoms with Crippen LogP contribution in [-0.4, -0.2) is 42.1 Å². The molecule has 0 unspecified atom stereocenters. The first kappa shape index (κ1) is 21.6. The van der Waals surface area contributed by atoms with Crippen LogP contribution in [0.25, 0.3) is 12.7 Å². The zero-order chi connectivity index (χ0) is 20.5. The maximum absolute atomic E-state index is 14.3. The Morgan fingerprint density at radius 1 is 1.50 bits per heavy atom. The summed E-state index contributed by atoms with van der Waals surface area (Å²) in [6.07, 6.45) is 4.13. The molecule has 0 fully saturated rings. The largest absolute Gasteiger partial charge is 0.443 e. The third-order valence-corrected chi connectivity index (χ3v) is 4.20. The molecule has 1 aromatic heterocycles. The molecule has 2 aromatic rings. The van der Waals surface area contributed by atoms with E-state index < -0.39 is 18.4 Å². The van der Waals surface area contributed by atoms with Gasteiger partial charge in [-0.2, -0.15) is 0 Å². The van der Waals surface area contributed by atoms with Gasteiger partial charge >= 0.3 is 0 Å². The Balaban J connectivity index is 2.46. The van der Waals surface area contributed by atoms with Crippen LogP contribution >= 0.6 is 11.8 Å². The number of carbonyl (C=O) groups is 1. The zero-order valence-electron chi connectivity index (χ0n) is 15.0. The van der Waals surface area contributed by atoms with Gasteiger partial charge in [0.15, 0.2) is 11.8 Å². The third-order valence-electron chi connectivity index (χ3n) is 3.47. The van der Waals surface area contributed by atoms with E-state index in [0.29, 0.717) is 4.90 Å². The lowest BCUT2D eigenvalue weighted by Gasteiger charge is -2.14. The van der Waals surface area contributed by atoms with E-state index in [9.17, 15) is 13.6 Å². The molecule has 28 heavy (non-hydrogen) atoms. The molecule has 2 rings (SSSR count). The molecule has 7 nitrogen and oxygen atoms in total. The van der Waals surface area contributed by atoms with Gasteiger partial charge in [0.2, 0.25) is 0 Å². The van der Waals surface area contributed by atoms with Crippen LogP contribution in [0.1, 0.15) is 0 Å². The Hall–Kier alpha value is -2.69. The van der Waals surface area contributed by atoms with E-state index in [4.69, 9.17) is 14.4 Å². The number of hydroxylamine groups is 1. The summed E-state index contributed by atoms with van der Waals surface area (Å²) in [7, 11) is 0. The molecule has 1 amide bonds. The summed E-state index contributed by atoms with van der Waals surface area (Å²) in [5, 5.41) is 11.6. The molecule has 0 bridgehead atoms. The van der Waals surface area contributed by atoms with Gasteiger partial charge in [-0.05, 0) is 30.5 Å². The third kappa shape index (κ3) is 5.65. The lowest BCUT2D eigenvalue weighted by Crippen LogP contribution is -2.30. The summed E-state index contributed by atoms with van der Waals surface area (Å²) >= 11 is 1.36. The molecule has 0 aliphatic rings. The molecule has 0 aliphatic heterocycles.